The molecule has 6 nitrogen and oxygen atoms in total. The van der Waals surface area contributed by atoms with Gasteiger partial charge in [-0.05, 0) is 65.2 Å². The fraction of sp³-hybridized carbons (Fsp3) is 0.0690. The molecule has 4 aromatic carbocycles. The number of fused-ring (bicyclic) bond motifs is 1. The molecule has 5 rings (SSSR count). The van der Waals surface area contributed by atoms with Crippen molar-refractivity contribution in [2.75, 3.05) is 4.90 Å². The molecule has 4 aromatic rings. The van der Waals surface area contributed by atoms with E-state index in [1.165, 1.54) is 12.1 Å². The molecular formula is C29H20BrClN2O4. The monoisotopic (exact) mass is 574 g/mol. The van der Waals surface area contributed by atoms with E-state index < -0.39 is 17.8 Å². The third-order valence-electron chi connectivity index (χ3n) is 6.05. The molecule has 0 aliphatic carbocycles. The summed E-state index contributed by atoms with van der Waals surface area (Å²) in [5.41, 5.74) is 2.26. The summed E-state index contributed by atoms with van der Waals surface area (Å²) < 4.78 is 6.89. The summed E-state index contributed by atoms with van der Waals surface area (Å²) >= 11 is 9.56. The van der Waals surface area contributed by atoms with Crippen LogP contribution in [0.5, 0.6) is 5.75 Å². The van der Waals surface area contributed by atoms with E-state index in [4.69, 9.17) is 16.3 Å². The second-order valence-corrected chi connectivity index (χ2v) is 9.85. The molecule has 0 aromatic heterocycles. The van der Waals surface area contributed by atoms with Crippen molar-refractivity contribution in [1.29, 1.82) is 0 Å². The Balaban J connectivity index is 1.50. The van der Waals surface area contributed by atoms with Gasteiger partial charge in [0.1, 0.15) is 17.9 Å². The maximum Gasteiger partial charge on any atom is 0.335 e. The number of hydrogen-bond donors (Lipinski definition) is 1. The molecule has 37 heavy (non-hydrogen) atoms. The van der Waals surface area contributed by atoms with Crippen LogP contribution in [-0.2, 0) is 16.2 Å². The maximum absolute atomic E-state index is 13.4. The highest BCUT2D eigenvalue weighted by Crippen LogP contribution is 2.31. The van der Waals surface area contributed by atoms with Crippen LogP contribution in [0.25, 0.3) is 16.8 Å². The van der Waals surface area contributed by atoms with E-state index >= 15 is 0 Å². The molecule has 184 valence electrons. The molecule has 4 amide bonds. The number of anilines is 1. The Bertz CT molecular complexity index is 1610. The fourth-order valence-corrected chi connectivity index (χ4v) is 4.74. The Hall–Kier alpha value is -3.94. The average Bonchev–Trinajstić information content (AvgIpc) is 2.88. The highest BCUT2D eigenvalue weighted by Gasteiger charge is 2.37. The van der Waals surface area contributed by atoms with Crippen molar-refractivity contribution in [1.82, 2.24) is 5.32 Å². The standard InChI is InChI=1S/C29H20BrClN2O4/c1-17-9-11-22(31)15-25(17)33-28(35)24(27(34)32-29(33)36)14-20-13-21(30)10-12-26(20)37-16-19-7-4-6-18-5-2-3-8-23(18)19/h2-15H,16H2,1H3,(H,32,34,36)/b24-14+. The van der Waals surface area contributed by atoms with Crippen LogP contribution in [0.15, 0.2) is 88.9 Å². The predicted octanol–water partition coefficient (Wildman–Crippen LogP) is 6.81. The minimum Gasteiger partial charge on any atom is -0.488 e. The van der Waals surface area contributed by atoms with Gasteiger partial charge in [0.25, 0.3) is 11.8 Å². The van der Waals surface area contributed by atoms with E-state index in [1.54, 1.807) is 31.2 Å². The first kappa shape index (κ1) is 24.7. The van der Waals surface area contributed by atoms with Crippen LogP contribution < -0.4 is 15.0 Å². The van der Waals surface area contributed by atoms with Gasteiger partial charge in [-0.1, -0.05) is 76.1 Å². The van der Waals surface area contributed by atoms with E-state index in [2.05, 4.69) is 21.2 Å². The lowest BCUT2D eigenvalue weighted by Crippen LogP contribution is -2.54. The van der Waals surface area contributed by atoms with Crippen molar-refractivity contribution in [2.45, 2.75) is 13.5 Å². The van der Waals surface area contributed by atoms with Gasteiger partial charge in [0.05, 0.1) is 5.69 Å². The van der Waals surface area contributed by atoms with Crippen molar-refractivity contribution in [3.05, 3.63) is 111 Å². The number of nitrogens with zero attached hydrogens (tertiary/aromatic N) is 1. The Morgan fingerprint density at radius 1 is 0.973 bits per heavy atom. The molecule has 1 aliphatic heterocycles. The van der Waals surface area contributed by atoms with Crippen molar-refractivity contribution in [3.8, 4) is 5.75 Å². The van der Waals surface area contributed by atoms with Crippen molar-refractivity contribution in [3.63, 3.8) is 0 Å². The largest absolute Gasteiger partial charge is 0.488 e. The lowest BCUT2D eigenvalue weighted by molar-refractivity contribution is -0.122. The molecule has 0 bridgehead atoms. The van der Waals surface area contributed by atoms with Crippen molar-refractivity contribution >= 4 is 67.9 Å². The first-order chi connectivity index (χ1) is 17.8. The van der Waals surface area contributed by atoms with Crippen LogP contribution in [0.1, 0.15) is 16.7 Å². The van der Waals surface area contributed by atoms with E-state index in [0.29, 0.717) is 27.6 Å². The second kappa shape index (κ2) is 10.2. The van der Waals surface area contributed by atoms with Crippen LogP contribution in [0, 0.1) is 6.92 Å². The van der Waals surface area contributed by atoms with Crippen LogP contribution in [0.3, 0.4) is 0 Å². The summed E-state index contributed by atoms with van der Waals surface area (Å²) in [6, 6.07) is 23.4. The molecule has 0 atom stereocenters. The third kappa shape index (κ3) is 5.01. The van der Waals surface area contributed by atoms with Crippen LogP contribution in [-0.4, -0.2) is 17.8 Å². The summed E-state index contributed by atoms with van der Waals surface area (Å²) in [7, 11) is 0. The van der Waals surface area contributed by atoms with Gasteiger partial charge in [0.15, 0.2) is 0 Å². The van der Waals surface area contributed by atoms with E-state index in [1.807, 2.05) is 48.5 Å². The number of imide groups is 2. The summed E-state index contributed by atoms with van der Waals surface area (Å²) in [4.78, 5) is 39.7. The SMILES string of the molecule is Cc1ccc(Cl)cc1N1C(=O)NC(=O)/C(=C\c2cc(Br)ccc2OCc2cccc3ccccc23)C1=O. The number of urea groups is 1. The van der Waals surface area contributed by atoms with Crippen molar-refractivity contribution < 1.29 is 19.1 Å². The molecule has 0 saturated carbocycles. The number of barbiturate groups is 1. The molecule has 1 saturated heterocycles. The molecule has 1 aliphatic rings. The molecule has 1 N–H and O–H groups in total. The number of carbonyl (C=O) groups is 3. The zero-order valence-corrected chi connectivity index (χ0v) is 22.0. The summed E-state index contributed by atoms with van der Waals surface area (Å²) in [5, 5.41) is 4.79. The quantitative estimate of drug-likeness (QED) is 0.210. The Labute approximate surface area is 226 Å². The molecule has 1 heterocycles. The maximum atomic E-state index is 13.4. The van der Waals surface area contributed by atoms with Gasteiger partial charge in [-0.15, -0.1) is 0 Å². The summed E-state index contributed by atoms with van der Waals surface area (Å²) in [5.74, 6) is -1.06. The third-order valence-corrected chi connectivity index (χ3v) is 6.78. The second-order valence-electron chi connectivity index (χ2n) is 8.50. The normalized spacial score (nSPS) is 14.8. The van der Waals surface area contributed by atoms with E-state index in [0.717, 1.165) is 25.7 Å². The van der Waals surface area contributed by atoms with Crippen LogP contribution in [0.4, 0.5) is 10.5 Å². The zero-order chi connectivity index (χ0) is 26.1. The van der Waals surface area contributed by atoms with Gasteiger partial charge in [0.2, 0.25) is 0 Å². The van der Waals surface area contributed by atoms with Crippen molar-refractivity contribution in [2.24, 2.45) is 0 Å². The van der Waals surface area contributed by atoms with Gasteiger partial charge in [-0.2, -0.15) is 0 Å². The highest BCUT2D eigenvalue weighted by molar-refractivity contribution is 9.10. The van der Waals surface area contributed by atoms with Gasteiger partial charge in [-0.25, -0.2) is 9.69 Å². The molecule has 0 unspecified atom stereocenters. The number of nitrogens with one attached hydrogen (secondary N) is 1. The minimum atomic E-state index is -0.834. The Morgan fingerprint density at radius 2 is 1.76 bits per heavy atom. The fourth-order valence-electron chi connectivity index (χ4n) is 4.19. The van der Waals surface area contributed by atoms with Crippen LogP contribution >= 0.6 is 27.5 Å². The number of aryl methyl sites for hydroxylation is 1. The Kier molecular flexibility index (Phi) is 6.82. The lowest BCUT2D eigenvalue weighted by Gasteiger charge is -2.27. The number of amides is 4. The molecule has 0 spiro atoms. The van der Waals surface area contributed by atoms with Crippen LogP contribution in [0.2, 0.25) is 5.02 Å². The lowest BCUT2D eigenvalue weighted by atomic mass is 10.0. The number of halogens is 2. The molecule has 0 radical (unpaired) electrons. The first-order valence-electron chi connectivity index (χ1n) is 11.4. The number of rotatable bonds is 5. The topological polar surface area (TPSA) is 75.7 Å². The summed E-state index contributed by atoms with van der Waals surface area (Å²) in [6.45, 7) is 2.03. The highest BCUT2D eigenvalue weighted by atomic mass is 79.9. The van der Waals surface area contributed by atoms with Gasteiger partial charge < -0.3 is 4.74 Å². The smallest absolute Gasteiger partial charge is 0.335 e. The van der Waals surface area contributed by atoms with Gasteiger partial charge >= 0.3 is 6.03 Å². The molecule has 8 heteroatoms. The molecule has 1 fully saturated rings. The van der Waals surface area contributed by atoms with E-state index in [9.17, 15) is 14.4 Å². The number of ether oxygens (including phenoxy) is 1. The zero-order valence-electron chi connectivity index (χ0n) is 19.6. The van der Waals surface area contributed by atoms with Gasteiger partial charge in [-0.3, -0.25) is 14.9 Å². The number of benzene rings is 4. The predicted molar refractivity (Wildman–Crippen MR) is 148 cm³/mol. The first-order valence-corrected chi connectivity index (χ1v) is 12.6. The number of carbonyl (C=O) groups excluding carboxylic acids is 3. The minimum absolute atomic E-state index is 0.202. The van der Waals surface area contributed by atoms with E-state index in [-0.39, 0.29) is 12.2 Å². The van der Waals surface area contributed by atoms with Gasteiger partial charge in [0, 0.05) is 15.1 Å². The number of hydrogen-bond acceptors (Lipinski definition) is 4. The average molecular weight is 576 g/mol. The molecular weight excluding hydrogens is 556 g/mol. The summed E-state index contributed by atoms with van der Waals surface area (Å²) in [6.07, 6.45) is 1.43. The Morgan fingerprint density at radius 3 is 2.59 bits per heavy atom.